The Morgan fingerprint density at radius 2 is 0.886 bits per heavy atom. The maximum Gasteiger partial charge on any atom is 0.177 e. The Balaban J connectivity index is 1.29. The van der Waals surface area contributed by atoms with Crippen molar-refractivity contribution in [2.75, 3.05) is 0 Å². The molecule has 0 atom stereocenters. The second-order valence-electron chi connectivity index (χ2n) is 10.3. The third-order valence-corrected chi connectivity index (χ3v) is 7.53. The highest BCUT2D eigenvalue weighted by Gasteiger charge is 2.13. The molecule has 5 nitrogen and oxygen atoms in total. The first-order chi connectivity index (χ1) is 21.7. The molecular formula is C39H23N5. The first-order valence-electron chi connectivity index (χ1n) is 14.1. The molecule has 0 aliphatic heterocycles. The van der Waals surface area contributed by atoms with Gasteiger partial charge in [0.25, 0.3) is 0 Å². The molecule has 1 heterocycles. The second kappa shape index (κ2) is 11.4. The van der Waals surface area contributed by atoms with E-state index in [1.54, 1.807) is 6.07 Å². The van der Waals surface area contributed by atoms with Crippen molar-refractivity contribution in [3.63, 3.8) is 0 Å². The Labute approximate surface area is 255 Å². The number of aromatic nitrogens is 3. The molecule has 0 aliphatic carbocycles. The number of hydrogen-bond acceptors (Lipinski definition) is 3. The molecule has 0 radical (unpaired) electrons. The van der Waals surface area contributed by atoms with Crippen molar-refractivity contribution >= 4 is 22.1 Å². The standard InChI is InChI=1S/C39H23N5/c1-40-33-22-32(23-34(25-33)41-2)35-15-9-14-27-18-21-31(24-36(27)35)26-16-19-30(20-17-26)39-43-37(28-10-5-3-6-11-28)42-38(44-39)29-12-7-4-8-13-29/h3-25H. The number of nitrogens with zero attached hydrogens (tertiary/aromatic N) is 5. The highest BCUT2D eigenvalue weighted by molar-refractivity contribution is 6.00. The molecule has 5 heteroatoms. The molecule has 7 rings (SSSR count). The maximum atomic E-state index is 7.48. The minimum Gasteiger partial charge on any atom is -0.239 e. The first kappa shape index (κ1) is 26.5. The third kappa shape index (κ3) is 5.18. The molecule has 0 saturated carbocycles. The van der Waals surface area contributed by atoms with Gasteiger partial charge in [0.2, 0.25) is 0 Å². The van der Waals surface area contributed by atoms with E-state index in [1.807, 2.05) is 97.1 Å². The van der Waals surface area contributed by atoms with Crippen molar-refractivity contribution < 1.29 is 0 Å². The number of fused-ring (bicyclic) bond motifs is 1. The fourth-order valence-electron chi connectivity index (χ4n) is 5.33. The van der Waals surface area contributed by atoms with Crippen LogP contribution < -0.4 is 0 Å². The van der Waals surface area contributed by atoms with E-state index in [9.17, 15) is 0 Å². The van der Waals surface area contributed by atoms with E-state index in [4.69, 9.17) is 28.1 Å². The largest absolute Gasteiger partial charge is 0.239 e. The topological polar surface area (TPSA) is 47.4 Å². The Morgan fingerprint density at radius 3 is 1.43 bits per heavy atom. The Bertz CT molecular complexity index is 2140. The fraction of sp³-hybridized carbons (Fsp3) is 0. The molecule has 0 bridgehead atoms. The molecule has 0 N–H and O–H groups in total. The normalized spacial score (nSPS) is 10.7. The van der Waals surface area contributed by atoms with E-state index in [1.165, 1.54) is 0 Å². The van der Waals surface area contributed by atoms with Gasteiger partial charge in [-0.3, -0.25) is 0 Å². The van der Waals surface area contributed by atoms with Crippen LogP contribution in [-0.2, 0) is 0 Å². The van der Waals surface area contributed by atoms with E-state index < -0.39 is 0 Å². The van der Waals surface area contributed by atoms with Crippen LogP contribution in [0.15, 0.2) is 140 Å². The summed E-state index contributed by atoms with van der Waals surface area (Å²) < 4.78 is 0. The van der Waals surface area contributed by atoms with Crippen LogP contribution in [0.5, 0.6) is 0 Å². The van der Waals surface area contributed by atoms with Crippen LogP contribution in [0.2, 0.25) is 0 Å². The van der Waals surface area contributed by atoms with Crippen LogP contribution in [0.1, 0.15) is 0 Å². The summed E-state index contributed by atoms with van der Waals surface area (Å²) in [4.78, 5) is 21.7. The summed E-state index contributed by atoms with van der Waals surface area (Å²) in [5.41, 5.74) is 7.66. The van der Waals surface area contributed by atoms with Gasteiger partial charge in [0.15, 0.2) is 28.8 Å². The van der Waals surface area contributed by atoms with Crippen LogP contribution in [0.4, 0.5) is 11.4 Å². The van der Waals surface area contributed by atoms with Gasteiger partial charge in [-0.2, -0.15) is 0 Å². The van der Waals surface area contributed by atoms with E-state index in [-0.39, 0.29) is 0 Å². The molecule has 0 unspecified atom stereocenters. The van der Waals surface area contributed by atoms with Crippen molar-refractivity contribution in [2.24, 2.45) is 0 Å². The summed E-state index contributed by atoms with van der Waals surface area (Å²) in [6.07, 6.45) is 0. The van der Waals surface area contributed by atoms with Gasteiger partial charge in [0, 0.05) is 16.7 Å². The van der Waals surface area contributed by atoms with Crippen LogP contribution in [0.3, 0.4) is 0 Å². The average Bonchev–Trinajstić information content (AvgIpc) is 3.11. The predicted octanol–water partition coefficient (Wildman–Crippen LogP) is 10.5. The maximum absolute atomic E-state index is 7.48. The molecule has 0 aliphatic rings. The van der Waals surface area contributed by atoms with Crippen molar-refractivity contribution in [1.82, 2.24) is 15.0 Å². The molecule has 0 saturated heterocycles. The molecule has 0 amide bonds. The minimum absolute atomic E-state index is 0.460. The van der Waals surface area contributed by atoms with Crippen LogP contribution >= 0.6 is 0 Å². The summed E-state index contributed by atoms with van der Waals surface area (Å²) in [5.74, 6) is 1.87. The lowest BCUT2D eigenvalue weighted by Gasteiger charge is -2.11. The van der Waals surface area contributed by atoms with Crippen LogP contribution in [0.25, 0.3) is 76.9 Å². The molecule has 204 valence electrons. The quantitative estimate of drug-likeness (QED) is 0.196. The van der Waals surface area contributed by atoms with Crippen molar-refractivity contribution in [3.8, 4) is 56.4 Å². The number of rotatable bonds is 5. The highest BCUT2D eigenvalue weighted by atomic mass is 15.0. The summed E-state index contributed by atoms with van der Waals surface area (Å²) in [6.45, 7) is 15.0. The molecule has 0 spiro atoms. The summed E-state index contributed by atoms with van der Waals surface area (Å²) in [6, 6.07) is 46.0. The van der Waals surface area contributed by atoms with Crippen LogP contribution in [0, 0.1) is 13.1 Å². The van der Waals surface area contributed by atoms with Crippen LogP contribution in [-0.4, -0.2) is 15.0 Å². The minimum atomic E-state index is 0.460. The van der Waals surface area contributed by atoms with Gasteiger partial charge in [-0.05, 0) is 39.1 Å². The highest BCUT2D eigenvalue weighted by Crippen LogP contribution is 2.36. The van der Waals surface area contributed by atoms with E-state index in [0.717, 1.165) is 49.7 Å². The Hall–Kier alpha value is -6.43. The smallest absolute Gasteiger partial charge is 0.177 e. The molecule has 1 aromatic heterocycles. The lowest BCUT2D eigenvalue weighted by Crippen LogP contribution is -2.00. The summed E-state index contributed by atoms with van der Waals surface area (Å²) in [7, 11) is 0. The van der Waals surface area contributed by atoms with E-state index in [2.05, 4.69) is 46.1 Å². The Morgan fingerprint density at radius 1 is 0.386 bits per heavy atom. The van der Waals surface area contributed by atoms with Crippen molar-refractivity contribution in [3.05, 3.63) is 162 Å². The van der Waals surface area contributed by atoms with E-state index in [0.29, 0.717) is 28.8 Å². The van der Waals surface area contributed by atoms with Crippen molar-refractivity contribution in [2.45, 2.75) is 0 Å². The van der Waals surface area contributed by atoms with Gasteiger partial charge in [-0.25, -0.2) is 24.6 Å². The molecule has 44 heavy (non-hydrogen) atoms. The van der Waals surface area contributed by atoms with Gasteiger partial charge in [0.1, 0.15) is 0 Å². The van der Waals surface area contributed by atoms with Gasteiger partial charge in [-0.1, -0.05) is 133 Å². The lowest BCUT2D eigenvalue weighted by atomic mass is 9.94. The predicted molar refractivity (Wildman–Crippen MR) is 177 cm³/mol. The third-order valence-electron chi connectivity index (χ3n) is 7.53. The average molecular weight is 562 g/mol. The SMILES string of the molecule is [C-]#[N+]c1cc([N+]#[C-])cc(-c2cccc3ccc(-c4ccc(-c5nc(-c6ccccc6)nc(-c6ccccc6)n5)cc4)cc23)c1. The van der Waals surface area contributed by atoms with Gasteiger partial charge in [0.05, 0.1) is 13.1 Å². The zero-order chi connectivity index (χ0) is 29.9. The molecule has 6 aromatic carbocycles. The number of hydrogen-bond donors (Lipinski definition) is 0. The lowest BCUT2D eigenvalue weighted by molar-refractivity contribution is 1.07. The number of benzene rings is 6. The summed E-state index contributed by atoms with van der Waals surface area (Å²) >= 11 is 0. The van der Waals surface area contributed by atoms with Crippen molar-refractivity contribution in [1.29, 1.82) is 0 Å². The van der Waals surface area contributed by atoms with Gasteiger partial charge in [-0.15, -0.1) is 0 Å². The molecular weight excluding hydrogens is 538 g/mol. The Kier molecular flexibility index (Phi) is 6.89. The molecule has 7 aromatic rings. The summed E-state index contributed by atoms with van der Waals surface area (Å²) in [5, 5.41) is 2.15. The van der Waals surface area contributed by atoms with Gasteiger partial charge < -0.3 is 0 Å². The molecule has 0 fully saturated rings. The zero-order valence-electron chi connectivity index (χ0n) is 23.5. The zero-order valence-corrected chi connectivity index (χ0v) is 23.5. The monoisotopic (exact) mass is 561 g/mol. The van der Waals surface area contributed by atoms with Gasteiger partial charge >= 0.3 is 0 Å². The first-order valence-corrected chi connectivity index (χ1v) is 14.1. The second-order valence-corrected chi connectivity index (χ2v) is 10.3. The fourth-order valence-corrected chi connectivity index (χ4v) is 5.33. The van der Waals surface area contributed by atoms with E-state index >= 15 is 0 Å².